The lowest BCUT2D eigenvalue weighted by atomic mass is 10.1. The number of hydrogen-bond acceptors (Lipinski definition) is 4. The highest BCUT2D eigenvalue weighted by Crippen LogP contribution is 2.23. The second-order valence-electron chi connectivity index (χ2n) is 7.81. The maximum absolute atomic E-state index is 12.2. The van der Waals surface area contributed by atoms with Gasteiger partial charge in [0.2, 0.25) is 0 Å². The highest BCUT2D eigenvalue weighted by molar-refractivity contribution is 5.92. The van der Waals surface area contributed by atoms with E-state index in [1.807, 2.05) is 30.3 Å². The molecule has 0 radical (unpaired) electrons. The number of para-hydroxylation sites is 3. The zero-order chi connectivity index (χ0) is 22.3. The topological polar surface area (TPSA) is 69.0 Å². The molecule has 0 fully saturated rings. The number of nitrogens with zero attached hydrogens (tertiary/aromatic N) is 3. The van der Waals surface area contributed by atoms with E-state index in [9.17, 15) is 4.79 Å². The van der Waals surface area contributed by atoms with Gasteiger partial charge in [0, 0.05) is 19.2 Å². The first-order valence-corrected chi connectivity index (χ1v) is 11.0. The number of ether oxygens (including phenoxy) is 1. The molecule has 0 atom stereocenters. The smallest absolute Gasteiger partial charge is 0.269 e. The summed E-state index contributed by atoms with van der Waals surface area (Å²) in [5.74, 6) is 1.81. The molecular weight excluding hydrogens is 400 g/mol. The molecule has 2 aromatic carbocycles. The minimum absolute atomic E-state index is 0.152. The number of rotatable bonds is 9. The molecule has 4 aromatic rings. The van der Waals surface area contributed by atoms with E-state index in [1.54, 1.807) is 18.3 Å². The molecule has 2 aromatic heterocycles. The SMILES string of the molecule is Cc1cccc(C)c1OCCn1c(CCCNC(=O)c2ccccn2)nc2ccccc21. The molecule has 164 valence electrons. The molecule has 0 saturated heterocycles. The van der Waals surface area contributed by atoms with Crippen molar-refractivity contribution in [3.63, 3.8) is 0 Å². The molecule has 1 amide bonds. The number of carbonyl (C=O) groups excluding carboxylic acids is 1. The van der Waals surface area contributed by atoms with Gasteiger partial charge in [-0.05, 0) is 55.7 Å². The van der Waals surface area contributed by atoms with Gasteiger partial charge in [0.1, 0.15) is 23.9 Å². The number of hydrogen-bond donors (Lipinski definition) is 1. The van der Waals surface area contributed by atoms with E-state index in [1.165, 1.54) is 0 Å². The Hall–Kier alpha value is -3.67. The van der Waals surface area contributed by atoms with E-state index in [4.69, 9.17) is 9.72 Å². The Balaban J connectivity index is 1.39. The first kappa shape index (κ1) is 21.6. The highest BCUT2D eigenvalue weighted by Gasteiger charge is 2.12. The molecule has 0 unspecified atom stereocenters. The fraction of sp³-hybridized carbons (Fsp3) is 0.269. The zero-order valence-corrected chi connectivity index (χ0v) is 18.5. The quantitative estimate of drug-likeness (QED) is 0.399. The van der Waals surface area contributed by atoms with Gasteiger partial charge in [0.05, 0.1) is 17.6 Å². The largest absolute Gasteiger partial charge is 0.491 e. The van der Waals surface area contributed by atoms with Crippen molar-refractivity contribution in [1.29, 1.82) is 0 Å². The fourth-order valence-corrected chi connectivity index (χ4v) is 3.87. The predicted molar refractivity (Wildman–Crippen MR) is 126 cm³/mol. The van der Waals surface area contributed by atoms with Crippen LogP contribution in [0.1, 0.15) is 33.9 Å². The lowest BCUT2D eigenvalue weighted by Gasteiger charge is -2.14. The monoisotopic (exact) mass is 428 g/mol. The van der Waals surface area contributed by atoms with Crippen molar-refractivity contribution in [2.45, 2.75) is 33.2 Å². The van der Waals surface area contributed by atoms with Gasteiger partial charge in [-0.2, -0.15) is 0 Å². The molecule has 0 aliphatic heterocycles. The average Bonchev–Trinajstić information content (AvgIpc) is 3.16. The summed E-state index contributed by atoms with van der Waals surface area (Å²) in [5, 5.41) is 2.94. The van der Waals surface area contributed by atoms with Crippen molar-refractivity contribution >= 4 is 16.9 Å². The Bertz CT molecular complexity index is 1180. The van der Waals surface area contributed by atoms with E-state index in [-0.39, 0.29) is 5.91 Å². The van der Waals surface area contributed by atoms with Crippen LogP contribution in [0.5, 0.6) is 5.75 Å². The van der Waals surface area contributed by atoms with Gasteiger partial charge in [0.25, 0.3) is 5.91 Å². The molecule has 6 heteroatoms. The van der Waals surface area contributed by atoms with Crippen LogP contribution in [0.4, 0.5) is 0 Å². The van der Waals surface area contributed by atoms with Crippen LogP contribution < -0.4 is 10.1 Å². The Morgan fingerprint density at radius 3 is 2.56 bits per heavy atom. The summed E-state index contributed by atoms with van der Waals surface area (Å²) in [6.07, 6.45) is 3.18. The van der Waals surface area contributed by atoms with Gasteiger partial charge in [-0.1, -0.05) is 36.4 Å². The number of pyridine rings is 1. The molecule has 0 aliphatic rings. The van der Waals surface area contributed by atoms with Crippen molar-refractivity contribution in [2.75, 3.05) is 13.2 Å². The fourth-order valence-electron chi connectivity index (χ4n) is 3.87. The van der Waals surface area contributed by atoms with E-state index in [2.05, 4.69) is 46.9 Å². The molecule has 0 saturated carbocycles. The van der Waals surface area contributed by atoms with Crippen molar-refractivity contribution in [3.8, 4) is 5.75 Å². The molecule has 0 bridgehead atoms. The van der Waals surface area contributed by atoms with Crippen LogP contribution in [0.25, 0.3) is 11.0 Å². The third-order valence-corrected chi connectivity index (χ3v) is 5.46. The van der Waals surface area contributed by atoms with Crippen molar-refractivity contribution < 1.29 is 9.53 Å². The minimum Gasteiger partial charge on any atom is -0.491 e. The molecular formula is C26H28N4O2. The number of nitrogens with one attached hydrogen (secondary N) is 1. The number of benzene rings is 2. The van der Waals surface area contributed by atoms with E-state index in [0.29, 0.717) is 25.4 Å². The van der Waals surface area contributed by atoms with Gasteiger partial charge < -0.3 is 14.6 Å². The van der Waals surface area contributed by atoms with Crippen LogP contribution in [-0.2, 0) is 13.0 Å². The van der Waals surface area contributed by atoms with Gasteiger partial charge in [-0.15, -0.1) is 0 Å². The maximum atomic E-state index is 12.2. The summed E-state index contributed by atoms with van der Waals surface area (Å²) in [7, 11) is 0. The first-order valence-electron chi connectivity index (χ1n) is 11.0. The van der Waals surface area contributed by atoms with Gasteiger partial charge in [-0.3, -0.25) is 9.78 Å². The van der Waals surface area contributed by atoms with Crippen molar-refractivity contribution in [2.24, 2.45) is 0 Å². The number of aromatic nitrogens is 3. The molecule has 0 aliphatic carbocycles. The molecule has 0 spiro atoms. The second-order valence-corrected chi connectivity index (χ2v) is 7.81. The minimum atomic E-state index is -0.152. The second kappa shape index (κ2) is 10.1. The third kappa shape index (κ3) is 4.97. The zero-order valence-electron chi connectivity index (χ0n) is 18.5. The van der Waals surface area contributed by atoms with E-state index in [0.717, 1.165) is 46.6 Å². The van der Waals surface area contributed by atoms with E-state index >= 15 is 0 Å². The lowest BCUT2D eigenvalue weighted by Crippen LogP contribution is -2.25. The van der Waals surface area contributed by atoms with Crippen molar-refractivity contribution in [1.82, 2.24) is 19.9 Å². The number of fused-ring (bicyclic) bond motifs is 1. The van der Waals surface area contributed by atoms with Gasteiger partial charge in [-0.25, -0.2) is 4.98 Å². The Kier molecular flexibility index (Phi) is 6.80. The Labute approximate surface area is 188 Å². The van der Waals surface area contributed by atoms with Crippen LogP contribution in [0.15, 0.2) is 66.9 Å². The Morgan fingerprint density at radius 2 is 1.78 bits per heavy atom. The molecule has 2 heterocycles. The summed E-state index contributed by atoms with van der Waals surface area (Å²) in [5.41, 5.74) is 4.80. The van der Waals surface area contributed by atoms with Gasteiger partial charge in [0.15, 0.2) is 0 Å². The highest BCUT2D eigenvalue weighted by atomic mass is 16.5. The Morgan fingerprint density at radius 1 is 1.00 bits per heavy atom. The van der Waals surface area contributed by atoms with Crippen LogP contribution in [0, 0.1) is 13.8 Å². The standard InChI is InChI=1S/C26H28N4O2/c1-19-9-7-10-20(2)25(19)32-18-17-30-23-13-4-3-11-21(23)29-24(30)14-8-16-28-26(31)22-12-5-6-15-27-22/h3-7,9-13,15H,8,14,16-18H2,1-2H3,(H,28,31). The predicted octanol–water partition coefficient (Wildman–Crippen LogP) is 4.49. The summed E-state index contributed by atoms with van der Waals surface area (Å²) in [6.45, 7) is 5.98. The third-order valence-electron chi connectivity index (χ3n) is 5.46. The average molecular weight is 429 g/mol. The molecule has 1 N–H and O–H groups in total. The molecule has 32 heavy (non-hydrogen) atoms. The van der Waals surface area contributed by atoms with Crippen LogP contribution >= 0.6 is 0 Å². The van der Waals surface area contributed by atoms with Crippen LogP contribution in [0.3, 0.4) is 0 Å². The first-order chi connectivity index (χ1) is 15.6. The number of carbonyl (C=O) groups is 1. The van der Waals surface area contributed by atoms with Crippen LogP contribution in [-0.4, -0.2) is 33.6 Å². The summed E-state index contributed by atoms with van der Waals surface area (Å²) >= 11 is 0. The number of amides is 1. The summed E-state index contributed by atoms with van der Waals surface area (Å²) in [6, 6.07) is 19.7. The van der Waals surface area contributed by atoms with E-state index < -0.39 is 0 Å². The normalized spacial score (nSPS) is 10.9. The van der Waals surface area contributed by atoms with Crippen molar-refractivity contribution in [3.05, 3.63) is 89.5 Å². The van der Waals surface area contributed by atoms with Gasteiger partial charge >= 0.3 is 0 Å². The maximum Gasteiger partial charge on any atom is 0.269 e. The number of aryl methyl sites for hydroxylation is 3. The summed E-state index contributed by atoms with van der Waals surface area (Å²) in [4.78, 5) is 21.1. The number of imidazole rings is 1. The molecule has 4 rings (SSSR count). The van der Waals surface area contributed by atoms with Crippen LogP contribution in [0.2, 0.25) is 0 Å². The summed E-state index contributed by atoms with van der Waals surface area (Å²) < 4.78 is 8.36. The molecule has 6 nitrogen and oxygen atoms in total. The lowest BCUT2D eigenvalue weighted by molar-refractivity contribution is 0.0948.